The zero-order valence-electron chi connectivity index (χ0n) is 8.73. The summed E-state index contributed by atoms with van der Waals surface area (Å²) in [4.78, 5) is 8.20. The first-order valence-electron chi connectivity index (χ1n) is 5.06. The topological polar surface area (TPSA) is 51.8 Å². The summed E-state index contributed by atoms with van der Waals surface area (Å²) >= 11 is 5.79. The number of halogens is 1. The highest BCUT2D eigenvalue weighted by molar-refractivity contribution is 6.29. The minimum atomic E-state index is 0.406. The summed E-state index contributed by atoms with van der Waals surface area (Å²) in [6.07, 6.45) is 4.11. The molecule has 1 aromatic heterocycles. The van der Waals surface area contributed by atoms with E-state index in [1.807, 2.05) is 24.3 Å². The molecule has 2 rings (SSSR count). The van der Waals surface area contributed by atoms with E-state index in [9.17, 15) is 0 Å². The average Bonchev–Trinajstić information content (AvgIpc) is 2.30. The fourth-order valence-corrected chi connectivity index (χ4v) is 1.64. The highest BCUT2D eigenvalue weighted by Crippen LogP contribution is 2.18. The Morgan fingerprint density at radius 2 is 1.88 bits per heavy atom. The van der Waals surface area contributed by atoms with E-state index < -0.39 is 0 Å². The molecule has 3 nitrogen and oxygen atoms in total. The fraction of sp³-hybridized carbons (Fsp3) is 0.167. The van der Waals surface area contributed by atoms with Gasteiger partial charge in [0.1, 0.15) is 5.15 Å². The van der Waals surface area contributed by atoms with Crippen LogP contribution in [0.5, 0.6) is 0 Å². The zero-order chi connectivity index (χ0) is 11.4. The number of hydrogen-bond acceptors (Lipinski definition) is 3. The predicted octanol–water partition coefficient (Wildman–Crippen LogP) is 2.30. The largest absolute Gasteiger partial charge is 0.330 e. The Hall–Kier alpha value is -1.45. The maximum Gasteiger partial charge on any atom is 0.148 e. The number of hydrogen-bond donors (Lipinski definition) is 1. The van der Waals surface area contributed by atoms with Crippen molar-refractivity contribution in [2.24, 2.45) is 5.73 Å². The molecular weight excluding hydrogens is 222 g/mol. The van der Waals surface area contributed by atoms with Gasteiger partial charge in [-0.2, -0.15) is 0 Å². The smallest absolute Gasteiger partial charge is 0.148 e. The molecule has 0 spiro atoms. The summed E-state index contributed by atoms with van der Waals surface area (Å²) < 4.78 is 0. The Morgan fingerprint density at radius 3 is 2.50 bits per heavy atom. The maximum atomic E-state index is 5.79. The molecule has 0 aliphatic heterocycles. The number of aromatic nitrogens is 2. The van der Waals surface area contributed by atoms with Crippen LogP contribution in [0.25, 0.3) is 11.3 Å². The zero-order valence-corrected chi connectivity index (χ0v) is 9.48. The number of nitrogens with two attached hydrogens (primary N) is 1. The van der Waals surface area contributed by atoms with E-state index in [1.165, 1.54) is 11.8 Å². The summed E-state index contributed by atoms with van der Waals surface area (Å²) in [5.41, 5.74) is 8.51. The Labute approximate surface area is 99.3 Å². The summed E-state index contributed by atoms with van der Waals surface area (Å²) in [5, 5.41) is 0.406. The number of nitrogens with zero attached hydrogens (tertiary/aromatic N) is 2. The van der Waals surface area contributed by atoms with Gasteiger partial charge < -0.3 is 5.73 Å². The molecule has 2 N–H and O–H groups in total. The molecule has 0 bridgehead atoms. The summed E-state index contributed by atoms with van der Waals surface area (Å²) in [6, 6.07) is 8.10. The Balaban J connectivity index is 2.27. The van der Waals surface area contributed by atoms with Gasteiger partial charge >= 0.3 is 0 Å². The molecule has 0 saturated carbocycles. The monoisotopic (exact) mass is 233 g/mol. The van der Waals surface area contributed by atoms with Crippen molar-refractivity contribution in [3.05, 3.63) is 47.4 Å². The fourth-order valence-electron chi connectivity index (χ4n) is 1.49. The molecule has 1 heterocycles. The molecule has 1 aromatic carbocycles. The first-order chi connectivity index (χ1) is 7.79. The summed E-state index contributed by atoms with van der Waals surface area (Å²) in [7, 11) is 0. The van der Waals surface area contributed by atoms with Crippen molar-refractivity contribution in [3.63, 3.8) is 0 Å². The van der Waals surface area contributed by atoms with Crippen LogP contribution >= 0.6 is 11.6 Å². The van der Waals surface area contributed by atoms with Crippen molar-refractivity contribution in [2.45, 2.75) is 6.42 Å². The van der Waals surface area contributed by atoms with Crippen molar-refractivity contribution in [3.8, 4) is 11.3 Å². The second-order valence-corrected chi connectivity index (χ2v) is 3.85. The molecule has 0 radical (unpaired) electrons. The van der Waals surface area contributed by atoms with Gasteiger partial charge in [-0.05, 0) is 18.5 Å². The van der Waals surface area contributed by atoms with Crippen LogP contribution in [0.4, 0.5) is 0 Å². The van der Waals surface area contributed by atoms with Crippen molar-refractivity contribution in [1.82, 2.24) is 9.97 Å². The molecule has 0 saturated heterocycles. The third-order valence-corrected chi connectivity index (χ3v) is 2.47. The van der Waals surface area contributed by atoms with E-state index in [1.54, 1.807) is 6.20 Å². The SMILES string of the molecule is NCCc1ccc(-c2cncc(Cl)n2)cc1. The van der Waals surface area contributed by atoms with Crippen molar-refractivity contribution in [1.29, 1.82) is 0 Å². The first kappa shape index (κ1) is 11.0. The molecule has 0 aliphatic carbocycles. The Bertz CT molecular complexity index is 468. The van der Waals surface area contributed by atoms with Gasteiger partial charge in [0.05, 0.1) is 18.1 Å². The molecule has 0 atom stereocenters. The van der Waals surface area contributed by atoms with Gasteiger partial charge in [-0.3, -0.25) is 4.98 Å². The van der Waals surface area contributed by atoms with Gasteiger partial charge in [-0.25, -0.2) is 4.98 Å². The Morgan fingerprint density at radius 1 is 1.12 bits per heavy atom. The van der Waals surface area contributed by atoms with Gasteiger partial charge in [-0.15, -0.1) is 0 Å². The minimum Gasteiger partial charge on any atom is -0.330 e. The third-order valence-electron chi connectivity index (χ3n) is 2.29. The highest BCUT2D eigenvalue weighted by Gasteiger charge is 2.00. The van der Waals surface area contributed by atoms with E-state index in [2.05, 4.69) is 9.97 Å². The lowest BCUT2D eigenvalue weighted by molar-refractivity contribution is 0.969. The predicted molar refractivity (Wildman–Crippen MR) is 65.2 cm³/mol. The van der Waals surface area contributed by atoms with Gasteiger partial charge in [0.2, 0.25) is 0 Å². The molecule has 0 unspecified atom stereocenters. The van der Waals surface area contributed by atoms with Crippen LogP contribution in [0.2, 0.25) is 5.15 Å². The summed E-state index contributed by atoms with van der Waals surface area (Å²) in [5.74, 6) is 0. The van der Waals surface area contributed by atoms with Crippen LogP contribution in [0.3, 0.4) is 0 Å². The van der Waals surface area contributed by atoms with Crippen LogP contribution in [0, 0.1) is 0 Å². The molecule has 0 aliphatic rings. The van der Waals surface area contributed by atoms with E-state index in [4.69, 9.17) is 17.3 Å². The van der Waals surface area contributed by atoms with E-state index >= 15 is 0 Å². The third kappa shape index (κ3) is 2.56. The lowest BCUT2D eigenvalue weighted by atomic mass is 10.1. The van der Waals surface area contributed by atoms with E-state index in [0.717, 1.165) is 17.7 Å². The van der Waals surface area contributed by atoms with Crippen molar-refractivity contribution >= 4 is 11.6 Å². The van der Waals surface area contributed by atoms with Crippen LogP contribution in [-0.4, -0.2) is 16.5 Å². The second kappa shape index (κ2) is 5.05. The van der Waals surface area contributed by atoms with Gasteiger partial charge in [0.15, 0.2) is 0 Å². The average molecular weight is 234 g/mol. The molecule has 4 heteroatoms. The molecular formula is C12H12ClN3. The van der Waals surface area contributed by atoms with Gasteiger partial charge in [0, 0.05) is 5.56 Å². The van der Waals surface area contributed by atoms with Gasteiger partial charge in [0.25, 0.3) is 0 Å². The molecule has 0 fully saturated rings. The maximum absolute atomic E-state index is 5.79. The normalized spacial score (nSPS) is 10.4. The summed E-state index contributed by atoms with van der Waals surface area (Å²) in [6.45, 7) is 0.663. The lowest BCUT2D eigenvalue weighted by Gasteiger charge is -2.02. The minimum absolute atomic E-state index is 0.406. The van der Waals surface area contributed by atoms with Crippen LogP contribution in [-0.2, 0) is 6.42 Å². The molecule has 2 aromatic rings. The van der Waals surface area contributed by atoms with Gasteiger partial charge in [-0.1, -0.05) is 35.9 Å². The first-order valence-corrected chi connectivity index (χ1v) is 5.44. The second-order valence-electron chi connectivity index (χ2n) is 3.46. The van der Waals surface area contributed by atoms with Crippen LogP contribution in [0.15, 0.2) is 36.7 Å². The number of rotatable bonds is 3. The lowest BCUT2D eigenvalue weighted by Crippen LogP contribution is -2.02. The van der Waals surface area contributed by atoms with E-state index in [-0.39, 0.29) is 0 Å². The van der Waals surface area contributed by atoms with E-state index in [0.29, 0.717) is 11.7 Å². The van der Waals surface area contributed by atoms with Crippen LogP contribution in [0.1, 0.15) is 5.56 Å². The Kier molecular flexibility index (Phi) is 3.49. The van der Waals surface area contributed by atoms with Crippen LogP contribution < -0.4 is 5.73 Å². The highest BCUT2D eigenvalue weighted by atomic mass is 35.5. The molecule has 16 heavy (non-hydrogen) atoms. The van der Waals surface area contributed by atoms with Crippen molar-refractivity contribution in [2.75, 3.05) is 6.54 Å². The van der Waals surface area contributed by atoms with Crippen molar-refractivity contribution < 1.29 is 0 Å². The number of benzene rings is 1. The molecule has 82 valence electrons. The standard InChI is InChI=1S/C12H12ClN3/c13-12-8-15-7-11(16-12)10-3-1-9(2-4-10)5-6-14/h1-4,7-8H,5-6,14H2. The quantitative estimate of drug-likeness (QED) is 0.885. The molecule has 0 amide bonds.